The average molecular weight is 538 g/mol. The molecule has 204 valence electrons. The Morgan fingerprint density at radius 3 is 2.08 bits per heavy atom. The zero-order valence-corrected chi connectivity index (χ0v) is 21.8. The number of alkyl halides is 3. The number of methoxy groups -OCH3 is 1. The first kappa shape index (κ1) is 26.4. The van der Waals surface area contributed by atoms with Crippen LogP contribution in [-0.4, -0.2) is 48.6 Å². The Kier molecular flexibility index (Phi) is 7.36. The van der Waals surface area contributed by atoms with E-state index in [0.717, 1.165) is 55.3 Å². The van der Waals surface area contributed by atoms with Gasteiger partial charge in [-0.3, -0.25) is 9.20 Å². The number of piperazine rings is 1. The van der Waals surface area contributed by atoms with E-state index in [1.165, 1.54) is 16.3 Å². The number of carbonyl (C=O) groups excluding carboxylic acids is 1. The van der Waals surface area contributed by atoms with E-state index < -0.39 is 11.7 Å². The molecule has 0 bridgehead atoms. The Morgan fingerprint density at radius 2 is 1.54 bits per heavy atom. The van der Waals surface area contributed by atoms with Crippen molar-refractivity contribution in [2.24, 2.45) is 0 Å². The number of anilines is 2. The number of aryl methyl sites for hydroxylation is 1. The Morgan fingerprint density at radius 1 is 0.949 bits per heavy atom. The van der Waals surface area contributed by atoms with Crippen molar-refractivity contribution >= 4 is 22.9 Å². The zero-order chi connectivity index (χ0) is 27.6. The minimum absolute atomic E-state index is 0.100. The molecule has 4 aromatic rings. The fraction of sp³-hybridized carbons (Fsp3) is 0.310. The lowest BCUT2D eigenvalue weighted by Crippen LogP contribution is -2.46. The Hall–Kier alpha value is -4.21. The summed E-state index contributed by atoms with van der Waals surface area (Å²) < 4.78 is 46.0. The van der Waals surface area contributed by atoms with Crippen molar-refractivity contribution in [3.63, 3.8) is 0 Å². The normalized spacial score (nSPS) is 14.1. The summed E-state index contributed by atoms with van der Waals surface area (Å²) in [6.45, 7) is 5.72. The van der Waals surface area contributed by atoms with Crippen molar-refractivity contribution in [3.8, 4) is 5.75 Å². The number of pyridine rings is 1. The molecule has 5 rings (SSSR count). The molecule has 0 radical (unpaired) electrons. The molecule has 10 heteroatoms. The Labute approximate surface area is 224 Å². The largest absolute Gasteiger partial charge is 0.497 e. The summed E-state index contributed by atoms with van der Waals surface area (Å²) >= 11 is 0. The van der Waals surface area contributed by atoms with Crippen LogP contribution in [0.5, 0.6) is 5.75 Å². The molecular formula is C29H30F3N5O2. The summed E-state index contributed by atoms with van der Waals surface area (Å²) in [6.07, 6.45) is -2.80. The molecule has 2 aromatic heterocycles. The second-order valence-corrected chi connectivity index (χ2v) is 9.42. The number of amides is 1. The number of hydrogen-bond donors (Lipinski definition) is 1. The van der Waals surface area contributed by atoms with Crippen LogP contribution in [0.15, 0.2) is 66.9 Å². The summed E-state index contributed by atoms with van der Waals surface area (Å²) in [6, 6.07) is 18.1. The Bertz CT molecular complexity index is 1440. The minimum Gasteiger partial charge on any atom is -0.497 e. The fourth-order valence-corrected chi connectivity index (χ4v) is 4.86. The standard InChI is InChI=1S/C29H30F3N5O2/c1-3-25-27(37-13-12-21(29(30,31)32)18-26(37)34-25)28(38)33-19-20-4-6-22(7-5-20)35-14-16-36(17-15-35)23-8-10-24(39-2)11-9-23/h4-13,18H,3,14-17,19H2,1-2H3,(H,33,38). The maximum absolute atomic E-state index is 13.1. The molecule has 0 atom stereocenters. The number of ether oxygens (including phenoxy) is 1. The van der Waals surface area contributed by atoms with E-state index in [0.29, 0.717) is 18.7 Å². The van der Waals surface area contributed by atoms with E-state index in [-0.39, 0.29) is 17.2 Å². The highest BCUT2D eigenvalue weighted by atomic mass is 19.4. The first-order valence-electron chi connectivity index (χ1n) is 12.9. The summed E-state index contributed by atoms with van der Waals surface area (Å²) in [5.74, 6) is 0.468. The van der Waals surface area contributed by atoms with Gasteiger partial charge in [0.05, 0.1) is 18.4 Å². The van der Waals surface area contributed by atoms with Crippen LogP contribution in [-0.2, 0) is 19.1 Å². The average Bonchev–Trinajstić information content (AvgIpc) is 3.34. The fourth-order valence-electron chi connectivity index (χ4n) is 4.86. The van der Waals surface area contributed by atoms with Crippen molar-refractivity contribution in [2.45, 2.75) is 26.1 Å². The monoisotopic (exact) mass is 537 g/mol. The smallest absolute Gasteiger partial charge is 0.416 e. The van der Waals surface area contributed by atoms with Crippen LogP contribution in [0.2, 0.25) is 0 Å². The number of imidazole rings is 1. The van der Waals surface area contributed by atoms with Crippen LogP contribution in [0.25, 0.3) is 5.65 Å². The SMILES string of the molecule is CCc1nc2cc(C(F)(F)F)ccn2c1C(=O)NCc1ccc(N2CCN(c3ccc(OC)cc3)CC2)cc1. The molecule has 1 amide bonds. The minimum atomic E-state index is -4.47. The maximum Gasteiger partial charge on any atom is 0.416 e. The van der Waals surface area contributed by atoms with Gasteiger partial charge >= 0.3 is 6.18 Å². The van der Waals surface area contributed by atoms with Crippen LogP contribution in [0.1, 0.15) is 34.2 Å². The van der Waals surface area contributed by atoms with Gasteiger partial charge < -0.3 is 19.9 Å². The molecule has 0 saturated carbocycles. The maximum atomic E-state index is 13.1. The zero-order valence-electron chi connectivity index (χ0n) is 21.8. The van der Waals surface area contributed by atoms with Crippen LogP contribution in [0, 0.1) is 0 Å². The predicted octanol–water partition coefficient (Wildman–Crippen LogP) is 5.18. The molecule has 0 unspecified atom stereocenters. The van der Waals surface area contributed by atoms with Crippen molar-refractivity contribution in [2.75, 3.05) is 43.1 Å². The quantitative estimate of drug-likeness (QED) is 0.352. The molecular weight excluding hydrogens is 507 g/mol. The first-order valence-corrected chi connectivity index (χ1v) is 12.9. The van der Waals surface area contributed by atoms with Crippen molar-refractivity contribution in [1.82, 2.24) is 14.7 Å². The predicted molar refractivity (Wildman–Crippen MR) is 145 cm³/mol. The van der Waals surface area contributed by atoms with Gasteiger partial charge in [-0.25, -0.2) is 4.98 Å². The highest BCUT2D eigenvalue weighted by Gasteiger charge is 2.31. The number of nitrogens with one attached hydrogen (secondary N) is 1. The molecule has 1 N–H and O–H groups in total. The molecule has 0 spiro atoms. The molecule has 1 aliphatic heterocycles. The number of fused-ring (bicyclic) bond motifs is 1. The van der Waals surface area contributed by atoms with Gasteiger partial charge in [-0.15, -0.1) is 0 Å². The molecule has 2 aromatic carbocycles. The molecule has 7 nitrogen and oxygen atoms in total. The van der Waals surface area contributed by atoms with Crippen molar-refractivity contribution in [3.05, 3.63) is 89.4 Å². The van der Waals surface area contributed by atoms with Crippen LogP contribution >= 0.6 is 0 Å². The Balaban J connectivity index is 1.20. The lowest BCUT2D eigenvalue weighted by molar-refractivity contribution is -0.137. The van der Waals surface area contributed by atoms with Gasteiger partial charge in [-0.05, 0) is 60.5 Å². The summed E-state index contributed by atoms with van der Waals surface area (Å²) in [5.41, 5.74) is 3.24. The third-order valence-electron chi connectivity index (χ3n) is 7.05. The van der Waals surface area contributed by atoms with E-state index >= 15 is 0 Å². The van der Waals surface area contributed by atoms with E-state index in [1.54, 1.807) is 7.11 Å². The molecule has 39 heavy (non-hydrogen) atoms. The van der Waals surface area contributed by atoms with E-state index in [2.05, 4.69) is 44.4 Å². The topological polar surface area (TPSA) is 62.1 Å². The van der Waals surface area contributed by atoms with Crippen molar-refractivity contribution < 1.29 is 22.7 Å². The highest BCUT2D eigenvalue weighted by Crippen LogP contribution is 2.30. The third-order valence-corrected chi connectivity index (χ3v) is 7.05. The lowest BCUT2D eigenvalue weighted by atomic mass is 10.1. The second kappa shape index (κ2) is 10.9. The van der Waals surface area contributed by atoms with Gasteiger partial charge in [-0.2, -0.15) is 13.2 Å². The summed E-state index contributed by atoms with van der Waals surface area (Å²) in [4.78, 5) is 22.0. The molecule has 1 fully saturated rings. The number of carbonyl (C=O) groups is 1. The van der Waals surface area contributed by atoms with E-state index in [4.69, 9.17) is 4.74 Å². The van der Waals surface area contributed by atoms with Crippen LogP contribution < -0.4 is 19.9 Å². The summed E-state index contributed by atoms with van der Waals surface area (Å²) in [5, 5.41) is 2.89. The molecule has 3 heterocycles. The number of rotatable bonds is 7. The van der Waals surface area contributed by atoms with Crippen LogP contribution in [0.3, 0.4) is 0 Å². The molecule has 1 aliphatic rings. The number of hydrogen-bond acceptors (Lipinski definition) is 5. The van der Waals surface area contributed by atoms with Gasteiger partial charge in [-0.1, -0.05) is 19.1 Å². The molecule has 1 saturated heterocycles. The highest BCUT2D eigenvalue weighted by molar-refractivity contribution is 5.94. The van der Waals surface area contributed by atoms with Crippen molar-refractivity contribution in [1.29, 1.82) is 0 Å². The van der Waals surface area contributed by atoms with Gasteiger partial charge in [0.1, 0.15) is 17.1 Å². The van der Waals surface area contributed by atoms with Gasteiger partial charge in [0.15, 0.2) is 0 Å². The first-order chi connectivity index (χ1) is 18.8. The summed E-state index contributed by atoms with van der Waals surface area (Å²) in [7, 11) is 1.66. The molecule has 0 aliphatic carbocycles. The van der Waals surface area contributed by atoms with Crippen LogP contribution in [0.4, 0.5) is 24.5 Å². The number of nitrogens with zero attached hydrogens (tertiary/aromatic N) is 4. The number of aromatic nitrogens is 2. The van der Waals surface area contributed by atoms with E-state index in [1.807, 2.05) is 31.2 Å². The van der Waals surface area contributed by atoms with E-state index in [9.17, 15) is 18.0 Å². The third kappa shape index (κ3) is 5.64. The number of halogens is 3. The number of benzene rings is 2. The van der Waals surface area contributed by atoms with Gasteiger partial charge in [0, 0.05) is 50.3 Å². The second-order valence-electron chi connectivity index (χ2n) is 9.42. The lowest BCUT2D eigenvalue weighted by Gasteiger charge is -2.37. The van der Waals surface area contributed by atoms with Gasteiger partial charge in [0.25, 0.3) is 5.91 Å². The van der Waals surface area contributed by atoms with Gasteiger partial charge in [0.2, 0.25) is 0 Å².